The van der Waals surface area contributed by atoms with Gasteiger partial charge in [0.05, 0.1) is 12.8 Å². The molecule has 0 saturated carbocycles. The molecule has 0 radical (unpaired) electrons. The maximum atomic E-state index is 5.85. The third-order valence-corrected chi connectivity index (χ3v) is 3.71. The Kier molecular flexibility index (Phi) is 3.75. The lowest BCUT2D eigenvalue weighted by Gasteiger charge is -2.33. The number of benzene rings is 1. The van der Waals surface area contributed by atoms with Crippen LogP contribution in [-0.4, -0.2) is 29.7 Å². The first kappa shape index (κ1) is 12.6. The highest BCUT2D eigenvalue weighted by atomic mass is 79.9. The first-order valence-corrected chi connectivity index (χ1v) is 7.00. The van der Waals surface area contributed by atoms with Crippen LogP contribution in [0.3, 0.4) is 0 Å². The number of hydrogen-bond donors (Lipinski definition) is 0. The number of rotatable bonds is 2. The van der Waals surface area contributed by atoms with Crippen LogP contribution in [0.4, 0.5) is 5.82 Å². The first-order chi connectivity index (χ1) is 9.33. The zero-order chi connectivity index (χ0) is 13.1. The molecule has 1 aliphatic rings. The van der Waals surface area contributed by atoms with Crippen molar-refractivity contribution in [3.8, 4) is 0 Å². The van der Waals surface area contributed by atoms with Crippen LogP contribution in [0.5, 0.6) is 0 Å². The van der Waals surface area contributed by atoms with Crippen LogP contribution in [0.1, 0.15) is 11.7 Å². The highest BCUT2D eigenvalue weighted by Crippen LogP contribution is 2.25. The van der Waals surface area contributed by atoms with Crippen molar-refractivity contribution in [1.82, 2.24) is 9.97 Å². The van der Waals surface area contributed by atoms with E-state index in [2.05, 4.69) is 42.9 Å². The summed E-state index contributed by atoms with van der Waals surface area (Å²) in [7, 11) is 0. The van der Waals surface area contributed by atoms with Gasteiger partial charge >= 0.3 is 0 Å². The summed E-state index contributed by atoms with van der Waals surface area (Å²) in [5.74, 6) is 0.910. The number of halogens is 1. The number of ether oxygens (including phenoxy) is 1. The summed E-state index contributed by atoms with van der Waals surface area (Å²) in [4.78, 5) is 10.7. The smallest absolute Gasteiger partial charge is 0.147 e. The minimum Gasteiger partial charge on any atom is -0.370 e. The quantitative estimate of drug-likeness (QED) is 0.853. The van der Waals surface area contributed by atoms with Crippen molar-refractivity contribution in [3.63, 3.8) is 0 Å². The minimum absolute atomic E-state index is 0.0869. The molecular formula is C14H14BrN3O. The summed E-state index contributed by atoms with van der Waals surface area (Å²) < 4.78 is 6.93. The second-order valence-corrected chi connectivity index (χ2v) is 5.34. The maximum Gasteiger partial charge on any atom is 0.147 e. The molecule has 0 N–H and O–H groups in total. The molecule has 3 rings (SSSR count). The fourth-order valence-electron chi connectivity index (χ4n) is 2.19. The molecule has 2 heterocycles. The number of aromatic nitrogens is 2. The van der Waals surface area contributed by atoms with Crippen molar-refractivity contribution in [1.29, 1.82) is 0 Å². The van der Waals surface area contributed by atoms with Crippen molar-refractivity contribution in [2.24, 2.45) is 0 Å². The number of anilines is 1. The van der Waals surface area contributed by atoms with E-state index in [9.17, 15) is 0 Å². The van der Waals surface area contributed by atoms with E-state index in [0.717, 1.165) is 23.4 Å². The second-order valence-electron chi connectivity index (χ2n) is 4.42. The lowest BCUT2D eigenvalue weighted by molar-refractivity contribution is 0.0395. The van der Waals surface area contributed by atoms with Crippen LogP contribution in [0.25, 0.3) is 0 Å². The molecule has 1 unspecified atom stereocenters. The SMILES string of the molecule is Brc1ccc(C2CN(c3cnccn3)CCO2)cc1. The van der Waals surface area contributed by atoms with E-state index in [0.29, 0.717) is 6.61 Å². The highest BCUT2D eigenvalue weighted by molar-refractivity contribution is 9.10. The first-order valence-electron chi connectivity index (χ1n) is 6.21. The average molecular weight is 320 g/mol. The molecule has 98 valence electrons. The van der Waals surface area contributed by atoms with Gasteiger partial charge in [0.2, 0.25) is 0 Å². The summed E-state index contributed by atoms with van der Waals surface area (Å²) in [5, 5.41) is 0. The van der Waals surface area contributed by atoms with Gasteiger partial charge in [0.25, 0.3) is 0 Å². The van der Waals surface area contributed by atoms with Crippen LogP contribution in [0, 0.1) is 0 Å². The fourth-order valence-corrected chi connectivity index (χ4v) is 2.46. The maximum absolute atomic E-state index is 5.85. The van der Waals surface area contributed by atoms with Gasteiger partial charge in [-0.05, 0) is 17.7 Å². The molecule has 1 aromatic carbocycles. The van der Waals surface area contributed by atoms with Crippen LogP contribution in [-0.2, 0) is 4.74 Å². The van der Waals surface area contributed by atoms with E-state index in [1.54, 1.807) is 18.6 Å². The molecule has 2 aromatic rings. The summed E-state index contributed by atoms with van der Waals surface area (Å²) in [6.07, 6.45) is 5.29. The Morgan fingerprint density at radius 1 is 1.21 bits per heavy atom. The molecule has 4 nitrogen and oxygen atoms in total. The van der Waals surface area contributed by atoms with Gasteiger partial charge < -0.3 is 9.64 Å². The average Bonchev–Trinajstić information content (AvgIpc) is 2.49. The van der Waals surface area contributed by atoms with Crippen molar-refractivity contribution in [2.75, 3.05) is 24.6 Å². The topological polar surface area (TPSA) is 38.2 Å². The third kappa shape index (κ3) is 2.93. The molecule has 1 aliphatic heterocycles. The van der Waals surface area contributed by atoms with Crippen LogP contribution >= 0.6 is 15.9 Å². The monoisotopic (exact) mass is 319 g/mol. The molecule has 1 aromatic heterocycles. The van der Waals surface area contributed by atoms with Gasteiger partial charge in [-0.25, -0.2) is 4.98 Å². The van der Waals surface area contributed by atoms with Crippen molar-refractivity contribution in [2.45, 2.75) is 6.10 Å². The summed E-state index contributed by atoms with van der Waals surface area (Å²) >= 11 is 3.45. The van der Waals surface area contributed by atoms with Gasteiger partial charge in [0, 0.05) is 30.0 Å². The Morgan fingerprint density at radius 3 is 2.79 bits per heavy atom. The van der Waals surface area contributed by atoms with Gasteiger partial charge in [-0.15, -0.1) is 0 Å². The van der Waals surface area contributed by atoms with E-state index in [1.807, 2.05) is 12.1 Å². The molecule has 19 heavy (non-hydrogen) atoms. The summed E-state index contributed by atoms with van der Waals surface area (Å²) in [6, 6.07) is 8.27. The summed E-state index contributed by atoms with van der Waals surface area (Å²) in [5.41, 5.74) is 1.19. The lowest BCUT2D eigenvalue weighted by atomic mass is 10.1. The van der Waals surface area contributed by atoms with Gasteiger partial charge in [-0.2, -0.15) is 0 Å². The molecule has 1 atom stereocenters. The number of hydrogen-bond acceptors (Lipinski definition) is 4. The number of morpholine rings is 1. The molecule has 1 fully saturated rings. The van der Waals surface area contributed by atoms with Crippen LogP contribution in [0.15, 0.2) is 47.3 Å². The van der Waals surface area contributed by atoms with Crippen LogP contribution < -0.4 is 4.90 Å². The zero-order valence-corrected chi connectivity index (χ0v) is 12.0. The van der Waals surface area contributed by atoms with Crippen molar-refractivity contribution >= 4 is 21.7 Å². The molecule has 0 aliphatic carbocycles. The van der Waals surface area contributed by atoms with Crippen LogP contribution in [0.2, 0.25) is 0 Å². The lowest BCUT2D eigenvalue weighted by Crippen LogP contribution is -2.38. The van der Waals surface area contributed by atoms with E-state index >= 15 is 0 Å². The zero-order valence-electron chi connectivity index (χ0n) is 10.4. The Balaban J connectivity index is 1.76. The molecular weight excluding hydrogens is 306 g/mol. The molecule has 0 bridgehead atoms. The largest absolute Gasteiger partial charge is 0.370 e. The van der Waals surface area contributed by atoms with E-state index in [-0.39, 0.29) is 6.10 Å². The van der Waals surface area contributed by atoms with Crippen molar-refractivity contribution in [3.05, 3.63) is 52.9 Å². The molecule has 5 heteroatoms. The molecule has 1 saturated heterocycles. The predicted octanol–water partition coefficient (Wildman–Crippen LogP) is 2.82. The third-order valence-electron chi connectivity index (χ3n) is 3.18. The Labute approximate surface area is 120 Å². The summed E-state index contributed by atoms with van der Waals surface area (Å²) in [6.45, 7) is 2.36. The Morgan fingerprint density at radius 2 is 2.05 bits per heavy atom. The van der Waals surface area contributed by atoms with Gasteiger partial charge in [0.1, 0.15) is 11.9 Å². The van der Waals surface area contributed by atoms with Gasteiger partial charge in [-0.3, -0.25) is 4.98 Å². The Hall–Kier alpha value is -1.46. The van der Waals surface area contributed by atoms with E-state index in [4.69, 9.17) is 4.74 Å². The second kappa shape index (κ2) is 5.67. The number of nitrogens with zero attached hydrogens (tertiary/aromatic N) is 3. The standard InChI is InChI=1S/C14H14BrN3O/c15-12-3-1-11(2-4-12)13-10-18(7-8-19-13)14-9-16-5-6-17-14/h1-6,9,13H,7-8,10H2. The predicted molar refractivity (Wildman–Crippen MR) is 77.1 cm³/mol. The van der Waals surface area contributed by atoms with Gasteiger partial charge in [0.15, 0.2) is 0 Å². The fraction of sp³-hybridized carbons (Fsp3) is 0.286. The molecule has 0 spiro atoms. The van der Waals surface area contributed by atoms with Crippen molar-refractivity contribution < 1.29 is 4.74 Å². The Bertz CT molecular complexity index is 532. The van der Waals surface area contributed by atoms with E-state index < -0.39 is 0 Å². The minimum atomic E-state index is 0.0869. The normalized spacial score (nSPS) is 19.4. The highest BCUT2D eigenvalue weighted by Gasteiger charge is 2.22. The molecule has 0 amide bonds. The van der Waals surface area contributed by atoms with E-state index in [1.165, 1.54) is 5.56 Å². The van der Waals surface area contributed by atoms with Gasteiger partial charge in [-0.1, -0.05) is 28.1 Å².